The number of rotatable bonds is 6. The zero-order valence-electron chi connectivity index (χ0n) is 15.8. The van der Waals surface area contributed by atoms with Gasteiger partial charge in [-0.3, -0.25) is 14.6 Å². The Hall–Kier alpha value is -3.37. The van der Waals surface area contributed by atoms with E-state index in [9.17, 15) is 14.4 Å². The average Bonchev–Trinajstić information content (AvgIpc) is 2.71. The summed E-state index contributed by atoms with van der Waals surface area (Å²) < 4.78 is -0.995. The second kappa shape index (κ2) is 8.76. The van der Waals surface area contributed by atoms with Crippen molar-refractivity contribution in [1.29, 1.82) is 0 Å². The maximum atomic E-state index is 12.9. The molecule has 0 aliphatic heterocycles. The number of amidine groups is 1. The van der Waals surface area contributed by atoms with E-state index in [0.29, 0.717) is 16.8 Å². The molecule has 0 saturated heterocycles. The van der Waals surface area contributed by atoms with Gasteiger partial charge in [0.1, 0.15) is 0 Å². The van der Waals surface area contributed by atoms with E-state index in [4.69, 9.17) is 22.5 Å². The zero-order valence-corrected chi connectivity index (χ0v) is 16.6. The van der Waals surface area contributed by atoms with Crippen LogP contribution >= 0.6 is 11.8 Å². The Kier molecular flexibility index (Phi) is 6.62. The summed E-state index contributed by atoms with van der Waals surface area (Å²) in [6.45, 7) is 3.38. The lowest BCUT2D eigenvalue weighted by Gasteiger charge is -2.27. The normalized spacial score (nSPS) is 11.8. The van der Waals surface area contributed by atoms with E-state index in [1.54, 1.807) is 13.8 Å². The number of nitrogens with zero attached hydrogens (tertiary/aromatic N) is 2. The summed E-state index contributed by atoms with van der Waals surface area (Å²) in [7, 11) is 0. The molecule has 7 N–H and O–H groups in total. The molecule has 10 heteroatoms. The van der Waals surface area contributed by atoms with Crippen molar-refractivity contribution in [3.63, 3.8) is 0 Å². The average molecular weight is 415 g/mol. The molecular weight excluding hydrogens is 394 g/mol. The van der Waals surface area contributed by atoms with Crippen molar-refractivity contribution < 1.29 is 19.5 Å². The number of primary amides is 1. The van der Waals surface area contributed by atoms with E-state index in [0.717, 1.165) is 11.8 Å². The number of nitrogens with two attached hydrogens (primary N) is 3. The second-order valence-corrected chi connectivity index (χ2v) is 8.11. The van der Waals surface area contributed by atoms with Crippen LogP contribution in [-0.4, -0.2) is 32.7 Å². The highest BCUT2D eigenvalue weighted by Gasteiger charge is 2.33. The second-order valence-electron chi connectivity index (χ2n) is 6.52. The first kappa shape index (κ1) is 21.9. The van der Waals surface area contributed by atoms with Gasteiger partial charge in [0, 0.05) is 11.1 Å². The predicted octanol–water partition coefficient (Wildman–Crippen LogP) is 1.79. The van der Waals surface area contributed by atoms with Gasteiger partial charge in [-0.2, -0.15) is 5.10 Å². The van der Waals surface area contributed by atoms with Gasteiger partial charge in [-0.15, -0.1) is 0 Å². The minimum absolute atomic E-state index is 0.107. The van der Waals surface area contributed by atoms with Crippen molar-refractivity contribution in [1.82, 2.24) is 0 Å². The van der Waals surface area contributed by atoms with Gasteiger partial charge in [0.05, 0.1) is 16.0 Å². The quantitative estimate of drug-likeness (QED) is 0.182. The van der Waals surface area contributed by atoms with Crippen LogP contribution in [-0.2, 0) is 0 Å². The summed E-state index contributed by atoms with van der Waals surface area (Å²) in [6.07, 6.45) is 0. The monoisotopic (exact) mass is 415 g/mol. The Morgan fingerprint density at radius 2 is 1.45 bits per heavy atom. The van der Waals surface area contributed by atoms with E-state index in [-0.39, 0.29) is 16.5 Å². The number of carboxylic acids is 1. The summed E-state index contributed by atoms with van der Waals surface area (Å²) in [5, 5.41) is 14.0. The number of amides is 1. The maximum absolute atomic E-state index is 12.9. The van der Waals surface area contributed by atoms with Crippen molar-refractivity contribution in [3.8, 4) is 0 Å². The summed E-state index contributed by atoms with van der Waals surface area (Å²) in [5.74, 6) is 9.68. The van der Waals surface area contributed by atoms with Crippen LogP contribution in [0.2, 0.25) is 0 Å². The molecule has 0 bridgehead atoms. The number of hydrazone groups is 1. The summed E-state index contributed by atoms with van der Waals surface area (Å²) in [5.41, 5.74) is 6.45. The highest BCUT2D eigenvalue weighted by molar-refractivity contribution is 8.15. The molecule has 0 spiro atoms. The molecule has 0 atom stereocenters. The van der Waals surface area contributed by atoms with Gasteiger partial charge in [0.25, 0.3) is 0 Å². The van der Waals surface area contributed by atoms with Crippen molar-refractivity contribution in [2.24, 2.45) is 22.5 Å². The number of aromatic carboxylic acids is 1. The molecule has 0 aliphatic carbocycles. The molecule has 2 aromatic rings. The van der Waals surface area contributed by atoms with Crippen molar-refractivity contribution in [2.75, 3.05) is 5.01 Å². The minimum Gasteiger partial charge on any atom is -0.478 e. The standard InChI is InChI=1S/C19H21N5O4S/c1-19(2,15(25)11-3-5-12(6-4-11)16(20)26)29-18(23-21)24(22)14-9-7-13(8-10-14)17(27)28/h3-10H,21-22H2,1-2H3,(H2,20,26)(H,27,28)/b23-18+. The Morgan fingerprint density at radius 3 is 1.90 bits per heavy atom. The lowest BCUT2D eigenvalue weighted by Crippen LogP contribution is -2.41. The van der Waals surface area contributed by atoms with Crippen molar-refractivity contribution in [3.05, 3.63) is 65.2 Å². The fourth-order valence-corrected chi connectivity index (χ4v) is 3.34. The third-order valence-corrected chi connectivity index (χ3v) is 5.21. The number of carbonyl (C=O) groups excluding carboxylic acids is 2. The van der Waals surface area contributed by atoms with Gasteiger partial charge < -0.3 is 16.7 Å². The van der Waals surface area contributed by atoms with Crippen LogP contribution in [0.5, 0.6) is 0 Å². The summed E-state index contributed by atoms with van der Waals surface area (Å²) >= 11 is 1.04. The van der Waals surface area contributed by atoms with E-state index >= 15 is 0 Å². The molecule has 0 unspecified atom stereocenters. The topological polar surface area (TPSA) is 165 Å². The molecule has 0 saturated carbocycles. The van der Waals surface area contributed by atoms with E-state index < -0.39 is 16.6 Å². The van der Waals surface area contributed by atoms with Crippen LogP contribution < -0.4 is 22.4 Å². The van der Waals surface area contributed by atoms with Gasteiger partial charge in [-0.25, -0.2) is 10.6 Å². The lowest BCUT2D eigenvalue weighted by molar-refractivity contribution is 0.0696. The SMILES string of the molecule is CC(C)(S/C(=N/N)N(N)c1ccc(C(=O)O)cc1)C(=O)c1ccc(C(N)=O)cc1. The van der Waals surface area contributed by atoms with Crippen molar-refractivity contribution in [2.45, 2.75) is 18.6 Å². The Balaban J connectivity index is 2.20. The van der Waals surface area contributed by atoms with E-state index in [1.807, 2.05) is 0 Å². The molecule has 2 rings (SSSR count). The van der Waals surface area contributed by atoms with Gasteiger partial charge in [0.15, 0.2) is 5.78 Å². The first-order chi connectivity index (χ1) is 13.6. The van der Waals surface area contributed by atoms with Crippen molar-refractivity contribution >= 4 is 40.3 Å². The van der Waals surface area contributed by atoms with Gasteiger partial charge in [-0.1, -0.05) is 23.9 Å². The smallest absolute Gasteiger partial charge is 0.335 e. The zero-order chi connectivity index (χ0) is 21.8. The number of benzene rings is 2. The molecule has 0 aromatic heterocycles. The van der Waals surface area contributed by atoms with Crippen LogP contribution in [0.15, 0.2) is 53.6 Å². The van der Waals surface area contributed by atoms with E-state index in [2.05, 4.69) is 5.10 Å². The third-order valence-electron chi connectivity index (χ3n) is 4.03. The molecule has 29 heavy (non-hydrogen) atoms. The molecule has 1 amide bonds. The first-order valence-corrected chi connectivity index (χ1v) is 9.18. The first-order valence-electron chi connectivity index (χ1n) is 8.36. The number of carboxylic acid groups (broad SMARTS) is 1. The van der Waals surface area contributed by atoms with Crippen LogP contribution in [0.1, 0.15) is 44.9 Å². The fourth-order valence-electron chi connectivity index (χ4n) is 2.42. The maximum Gasteiger partial charge on any atom is 0.335 e. The lowest BCUT2D eigenvalue weighted by atomic mass is 9.99. The van der Waals surface area contributed by atoms with Crippen LogP contribution in [0, 0.1) is 0 Å². The number of hydrogen-bond donors (Lipinski definition) is 4. The van der Waals surface area contributed by atoms with Gasteiger partial charge in [0.2, 0.25) is 11.1 Å². The highest BCUT2D eigenvalue weighted by atomic mass is 32.2. The summed E-state index contributed by atoms with van der Waals surface area (Å²) in [4.78, 5) is 35.1. The molecule has 0 radical (unpaired) electrons. The molecule has 0 heterocycles. The number of Topliss-reactive ketones (excluding diaryl/α,β-unsaturated/α-hetero) is 1. The van der Waals surface area contributed by atoms with Gasteiger partial charge in [-0.05, 0) is 50.2 Å². The highest BCUT2D eigenvalue weighted by Crippen LogP contribution is 2.31. The summed E-state index contributed by atoms with van der Waals surface area (Å²) in [6, 6.07) is 11.8. The molecule has 0 aliphatic rings. The Morgan fingerprint density at radius 1 is 0.966 bits per heavy atom. The number of hydrazine groups is 1. The third kappa shape index (κ3) is 5.12. The van der Waals surface area contributed by atoms with Crippen LogP contribution in [0.4, 0.5) is 5.69 Å². The molecule has 152 valence electrons. The Bertz CT molecular complexity index is 956. The van der Waals surface area contributed by atoms with E-state index in [1.165, 1.54) is 53.5 Å². The fraction of sp³-hybridized carbons (Fsp3) is 0.158. The molecule has 9 nitrogen and oxygen atoms in total. The van der Waals surface area contributed by atoms with Crippen LogP contribution in [0.3, 0.4) is 0 Å². The predicted molar refractivity (Wildman–Crippen MR) is 113 cm³/mol. The van der Waals surface area contributed by atoms with Gasteiger partial charge >= 0.3 is 5.97 Å². The van der Waals surface area contributed by atoms with Crippen LogP contribution in [0.25, 0.3) is 0 Å². The molecule has 2 aromatic carbocycles. The molecular formula is C19H21N5O4S. The number of hydrogen-bond acceptors (Lipinski definition) is 7. The number of anilines is 1. The number of thioether (sulfide) groups is 1. The Labute approximate surface area is 171 Å². The minimum atomic E-state index is -1.06. The molecule has 0 fully saturated rings. The number of ketones is 1. The number of carbonyl (C=O) groups is 3. The largest absolute Gasteiger partial charge is 0.478 e.